The lowest BCUT2D eigenvalue weighted by Crippen LogP contribution is -2.18. The summed E-state index contributed by atoms with van der Waals surface area (Å²) in [5, 5.41) is 7.93. The van der Waals surface area contributed by atoms with Gasteiger partial charge in [0.2, 0.25) is 5.91 Å². The van der Waals surface area contributed by atoms with Crippen LogP contribution in [0.1, 0.15) is 43.3 Å². The number of anilines is 1. The number of rotatable bonds is 4. The molecule has 0 atom stereocenters. The Morgan fingerprint density at radius 2 is 1.80 bits per heavy atom. The molecule has 0 aliphatic heterocycles. The Bertz CT molecular complexity index is 1210. The Morgan fingerprint density at radius 3 is 2.47 bits per heavy atom. The molecule has 1 N–H and O–H groups in total. The number of aryl methyl sites for hydroxylation is 1. The molecule has 30 heavy (non-hydrogen) atoms. The van der Waals surface area contributed by atoms with Crippen LogP contribution in [0, 0.1) is 13.8 Å². The maximum Gasteiger partial charge on any atom is 0.231 e. The molecule has 6 heteroatoms. The lowest BCUT2D eigenvalue weighted by molar-refractivity contribution is -0.115. The van der Waals surface area contributed by atoms with Crippen molar-refractivity contribution in [3.05, 3.63) is 77.4 Å². The van der Waals surface area contributed by atoms with Gasteiger partial charge in [0.05, 0.1) is 23.5 Å². The van der Waals surface area contributed by atoms with Crippen molar-refractivity contribution in [3.63, 3.8) is 0 Å². The van der Waals surface area contributed by atoms with Gasteiger partial charge in [0.15, 0.2) is 0 Å². The monoisotopic (exact) mass is 401 g/mol. The van der Waals surface area contributed by atoms with Gasteiger partial charge in [-0.15, -0.1) is 0 Å². The number of pyridine rings is 1. The molecule has 1 amide bonds. The summed E-state index contributed by atoms with van der Waals surface area (Å²) in [4.78, 5) is 17.6. The van der Waals surface area contributed by atoms with Crippen LogP contribution in [0.5, 0.6) is 0 Å². The standard InChI is InChI=1S/C24H27N5O/c1-16-10-9-13-28-15-18(25-22(16)28)14-20(30)26-23-17(2)21(24(3,4)5)27-29(23)19-11-7-6-8-12-19/h6-13,15H,14H2,1-5H3,(H,26,30). The highest BCUT2D eigenvalue weighted by Gasteiger charge is 2.26. The van der Waals surface area contributed by atoms with Gasteiger partial charge in [0, 0.05) is 23.4 Å². The fraction of sp³-hybridized carbons (Fsp3) is 0.292. The van der Waals surface area contributed by atoms with Crippen LogP contribution in [-0.4, -0.2) is 25.1 Å². The average Bonchev–Trinajstić information content (AvgIpc) is 3.24. The van der Waals surface area contributed by atoms with E-state index < -0.39 is 0 Å². The van der Waals surface area contributed by atoms with Crippen molar-refractivity contribution in [2.24, 2.45) is 0 Å². The molecule has 4 rings (SSSR count). The highest BCUT2D eigenvalue weighted by atomic mass is 16.1. The largest absolute Gasteiger partial charge is 0.310 e. The maximum absolute atomic E-state index is 12.9. The van der Waals surface area contributed by atoms with E-state index in [0.717, 1.165) is 33.8 Å². The zero-order chi connectivity index (χ0) is 21.5. The quantitative estimate of drug-likeness (QED) is 0.543. The molecule has 0 saturated heterocycles. The van der Waals surface area contributed by atoms with Crippen LogP contribution in [0.3, 0.4) is 0 Å². The molecule has 0 aliphatic carbocycles. The number of aromatic nitrogens is 4. The fourth-order valence-electron chi connectivity index (χ4n) is 3.74. The third-order valence-corrected chi connectivity index (χ3v) is 5.16. The van der Waals surface area contributed by atoms with Gasteiger partial charge in [-0.05, 0) is 37.6 Å². The molecule has 0 aliphatic rings. The number of carbonyl (C=O) groups excluding carboxylic acids is 1. The number of nitrogens with zero attached hydrogens (tertiary/aromatic N) is 4. The number of nitrogens with one attached hydrogen (secondary N) is 1. The van der Waals surface area contributed by atoms with E-state index in [1.165, 1.54) is 0 Å². The van der Waals surface area contributed by atoms with Crippen LogP contribution in [0.15, 0.2) is 54.9 Å². The van der Waals surface area contributed by atoms with Crippen molar-refractivity contribution in [2.75, 3.05) is 5.32 Å². The number of imidazole rings is 1. The van der Waals surface area contributed by atoms with E-state index in [1.54, 1.807) is 0 Å². The van der Waals surface area contributed by atoms with Gasteiger partial charge in [0.25, 0.3) is 0 Å². The molecule has 1 aromatic carbocycles. The molecule has 3 heterocycles. The molecule has 0 saturated carbocycles. The minimum atomic E-state index is -0.136. The van der Waals surface area contributed by atoms with Gasteiger partial charge in [0.1, 0.15) is 11.5 Å². The lowest BCUT2D eigenvalue weighted by Gasteiger charge is -2.16. The van der Waals surface area contributed by atoms with Crippen molar-refractivity contribution in [3.8, 4) is 5.69 Å². The topological polar surface area (TPSA) is 64.2 Å². The second-order valence-electron chi connectivity index (χ2n) is 8.70. The minimum absolute atomic E-state index is 0.114. The first-order chi connectivity index (χ1) is 14.2. The Hall–Kier alpha value is -3.41. The van der Waals surface area contributed by atoms with Gasteiger partial charge in [-0.3, -0.25) is 4.79 Å². The molecule has 4 aromatic rings. The summed E-state index contributed by atoms with van der Waals surface area (Å²) in [7, 11) is 0. The van der Waals surface area contributed by atoms with Crippen LogP contribution in [0.25, 0.3) is 11.3 Å². The zero-order valence-corrected chi connectivity index (χ0v) is 18.1. The predicted octanol–water partition coefficient (Wildman–Crippen LogP) is 4.62. The van der Waals surface area contributed by atoms with Crippen molar-refractivity contribution in [2.45, 2.75) is 46.5 Å². The van der Waals surface area contributed by atoms with Crippen molar-refractivity contribution in [1.82, 2.24) is 19.2 Å². The van der Waals surface area contributed by atoms with Crippen LogP contribution in [-0.2, 0) is 16.6 Å². The highest BCUT2D eigenvalue weighted by molar-refractivity contribution is 5.92. The van der Waals surface area contributed by atoms with E-state index in [4.69, 9.17) is 5.10 Å². The molecule has 0 fully saturated rings. The molecule has 6 nitrogen and oxygen atoms in total. The number of para-hydroxylation sites is 1. The highest BCUT2D eigenvalue weighted by Crippen LogP contribution is 2.31. The smallest absolute Gasteiger partial charge is 0.231 e. The van der Waals surface area contributed by atoms with Crippen molar-refractivity contribution in [1.29, 1.82) is 0 Å². The lowest BCUT2D eigenvalue weighted by atomic mass is 9.90. The maximum atomic E-state index is 12.9. The van der Waals surface area contributed by atoms with Crippen LogP contribution >= 0.6 is 0 Å². The first-order valence-corrected chi connectivity index (χ1v) is 10.1. The van der Waals surface area contributed by atoms with E-state index in [1.807, 2.05) is 77.8 Å². The number of hydrogen-bond acceptors (Lipinski definition) is 3. The van der Waals surface area contributed by atoms with Gasteiger partial charge in [-0.1, -0.05) is 45.0 Å². The van der Waals surface area contributed by atoms with Gasteiger partial charge < -0.3 is 9.72 Å². The number of benzene rings is 1. The van der Waals surface area contributed by atoms with Gasteiger partial charge in [-0.25, -0.2) is 9.67 Å². The Kier molecular flexibility index (Phi) is 4.94. The predicted molar refractivity (Wildman–Crippen MR) is 119 cm³/mol. The zero-order valence-electron chi connectivity index (χ0n) is 18.1. The Balaban J connectivity index is 1.66. The first kappa shape index (κ1) is 19.9. The van der Waals surface area contributed by atoms with Crippen molar-refractivity contribution >= 4 is 17.4 Å². The van der Waals surface area contributed by atoms with E-state index in [0.29, 0.717) is 5.82 Å². The molecule has 0 radical (unpaired) electrons. The summed E-state index contributed by atoms with van der Waals surface area (Å²) < 4.78 is 3.77. The third-order valence-electron chi connectivity index (χ3n) is 5.16. The van der Waals surface area contributed by atoms with E-state index in [2.05, 4.69) is 31.1 Å². The number of hydrogen-bond donors (Lipinski definition) is 1. The summed E-state index contributed by atoms with van der Waals surface area (Å²) in [6.07, 6.45) is 4.05. The van der Waals surface area contributed by atoms with E-state index in [-0.39, 0.29) is 17.7 Å². The van der Waals surface area contributed by atoms with E-state index in [9.17, 15) is 4.79 Å². The Morgan fingerprint density at radius 1 is 1.07 bits per heavy atom. The Labute approximate surface area is 176 Å². The van der Waals surface area contributed by atoms with Crippen molar-refractivity contribution < 1.29 is 4.79 Å². The second kappa shape index (κ2) is 7.44. The molecule has 154 valence electrons. The number of amides is 1. The van der Waals surface area contributed by atoms with Gasteiger partial charge in [-0.2, -0.15) is 5.10 Å². The number of fused-ring (bicyclic) bond motifs is 1. The average molecular weight is 402 g/mol. The molecule has 0 bridgehead atoms. The van der Waals surface area contributed by atoms with E-state index >= 15 is 0 Å². The first-order valence-electron chi connectivity index (χ1n) is 10.1. The summed E-state index contributed by atoms with van der Waals surface area (Å²) in [5.74, 6) is 0.591. The molecular weight excluding hydrogens is 374 g/mol. The van der Waals surface area contributed by atoms with Gasteiger partial charge >= 0.3 is 0 Å². The van der Waals surface area contributed by atoms with Crippen LogP contribution in [0.2, 0.25) is 0 Å². The van der Waals surface area contributed by atoms with Crippen LogP contribution in [0.4, 0.5) is 5.82 Å². The SMILES string of the molecule is Cc1c(C(C)(C)C)nn(-c2ccccc2)c1NC(=O)Cc1cn2cccc(C)c2n1. The molecule has 3 aromatic heterocycles. The summed E-state index contributed by atoms with van der Waals surface area (Å²) in [6, 6.07) is 13.9. The number of carbonyl (C=O) groups is 1. The summed E-state index contributed by atoms with van der Waals surface area (Å²) >= 11 is 0. The normalized spacial score (nSPS) is 11.8. The third kappa shape index (κ3) is 3.73. The molecular formula is C24H27N5O. The van der Waals surface area contributed by atoms with Crippen LogP contribution < -0.4 is 5.32 Å². The molecule has 0 unspecified atom stereocenters. The minimum Gasteiger partial charge on any atom is -0.310 e. The fourth-order valence-corrected chi connectivity index (χ4v) is 3.74. The summed E-state index contributed by atoms with van der Waals surface area (Å²) in [6.45, 7) is 10.4. The molecule has 0 spiro atoms. The second-order valence-corrected chi connectivity index (χ2v) is 8.70. The summed E-state index contributed by atoms with van der Waals surface area (Å²) in [5.41, 5.74) is 5.41.